The number of fused-ring (bicyclic) bond motifs is 6. The average molecular weight is 551 g/mol. The van der Waals surface area contributed by atoms with E-state index in [9.17, 15) is 0 Å². The Morgan fingerprint density at radius 3 is 0.875 bits per heavy atom. The van der Waals surface area contributed by atoms with Gasteiger partial charge < -0.3 is 24.8 Å². The van der Waals surface area contributed by atoms with E-state index in [1.807, 2.05) is 0 Å². The maximum atomic E-state index is 2.31. The second kappa shape index (κ2) is 12.5. The van der Waals surface area contributed by atoms with E-state index >= 15 is 0 Å². The number of rotatable bonds is 0. The molecular formula is C28H24Cl2SiZr-2. The van der Waals surface area contributed by atoms with Crippen molar-refractivity contribution in [2.45, 2.75) is 13.1 Å². The van der Waals surface area contributed by atoms with Crippen LogP contribution in [0.5, 0.6) is 0 Å². The van der Waals surface area contributed by atoms with Gasteiger partial charge in [-0.2, -0.15) is 0 Å². The molecule has 0 heterocycles. The molecule has 4 heteroatoms. The van der Waals surface area contributed by atoms with Crippen LogP contribution in [0.15, 0.2) is 109 Å². The predicted octanol–water partition coefficient (Wildman–Crippen LogP) is 2.22. The van der Waals surface area contributed by atoms with Crippen LogP contribution >= 0.6 is 0 Å². The molecule has 0 spiro atoms. The SMILES string of the molecule is C[Si](C)=[Zr+2].[Cl-].[Cl-].c1ccc2c(c1)[cH-]c1ccccc12.c1ccc2c(c1)[cH-]c1ccccc12. The first-order valence-corrected chi connectivity index (χ1v) is 16.4. The van der Waals surface area contributed by atoms with Gasteiger partial charge in [-0.25, -0.2) is 0 Å². The number of hydrogen-bond donors (Lipinski definition) is 0. The summed E-state index contributed by atoms with van der Waals surface area (Å²) in [6.07, 6.45) is 0. The third kappa shape index (κ3) is 6.21. The molecule has 0 radical (unpaired) electrons. The van der Waals surface area contributed by atoms with Gasteiger partial charge in [-0.05, 0) is 0 Å². The van der Waals surface area contributed by atoms with Crippen LogP contribution in [0.2, 0.25) is 13.1 Å². The second-order valence-corrected chi connectivity index (χ2v) is 17.0. The van der Waals surface area contributed by atoms with Gasteiger partial charge in [0.1, 0.15) is 0 Å². The second-order valence-electron chi connectivity index (χ2n) is 7.64. The molecule has 0 nitrogen and oxygen atoms in total. The van der Waals surface area contributed by atoms with Crippen LogP contribution in [0.1, 0.15) is 0 Å². The van der Waals surface area contributed by atoms with Crippen LogP contribution in [0.25, 0.3) is 43.1 Å². The minimum atomic E-state index is 0. The molecule has 0 aliphatic heterocycles. The van der Waals surface area contributed by atoms with Crippen LogP contribution in [0.4, 0.5) is 0 Å². The van der Waals surface area contributed by atoms with E-state index in [0.717, 1.165) is 0 Å². The molecule has 6 aromatic carbocycles. The number of halogens is 2. The topological polar surface area (TPSA) is 0 Å². The molecule has 6 aromatic rings. The summed E-state index contributed by atoms with van der Waals surface area (Å²) in [5.74, 6) is 0. The van der Waals surface area contributed by atoms with Crippen LogP contribution < -0.4 is 24.8 Å². The van der Waals surface area contributed by atoms with Crippen molar-refractivity contribution < 1.29 is 48.1 Å². The Balaban J connectivity index is 0.000000185. The number of benzene rings is 4. The van der Waals surface area contributed by atoms with E-state index in [4.69, 9.17) is 0 Å². The smallest absolute Gasteiger partial charge is 0.0771 e. The molecule has 0 fully saturated rings. The molecule has 0 N–H and O–H groups in total. The molecule has 0 atom stereocenters. The molecule has 0 bridgehead atoms. The van der Waals surface area contributed by atoms with E-state index in [-0.39, 0.29) is 30.2 Å². The molecule has 160 valence electrons. The Labute approximate surface area is 217 Å². The minimum absolute atomic E-state index is 0. The summed E-state index contributed by atoms with van der Waals surface area (Å²) >= 11 is 1.74. The Bertz CT molecular complexity index is 1240. The summed E-state index contributed by atoms with van der Waals surface area (Å²) in [5.41, 5.74) is 0.210. The third-order valence-corrected chi connectivity index (χ3v) is 5.05. The van der Waals surface area contributed by atoms with E-state index in [2.05, 4.69) is 122 Å². The summed E-state index contributed by atoms with van der Waals surface area (Å²) in [7, 11) is 0. The molecule has 0 amide bonds. The van der Waals surface area contributed by atoms with Crippen LogP contribution in [0, 0.1) is 0 Å². The maximum Gasteiger partial charge on any atom is -0.0771 e. The van der Waals surface area contributed by atoms with Crippen molar-refractivity contribution in [1.29, 1.82) is 0 Å². The zero-order chi connectivity index (χ0) is 20.9. The maximum absolute atomic E-state index is 2.31. The Morgan fingerprint density at radius 1 is 0.469 bits per heavy atom. The van der Waals surface area contributed by atoms with Gasteiger partial charge in [0.05, 0.1) is 0 Å². The summed E-state index contributed by atoms with van der Waals surface area (Å²) in [4.78, 5) is 0. The fraction of sp³-hybridized carbons (Fsp3) is 0.0714. The van der Waals surface area contributed by atoms with Crippen molar-refractivity contribution in [1.82, 2.24) is 0 Å². The van der Waals surface area contributed by atoms with Crippen LogP contribution in [0.3, 0.4) is 0 Å². The van der Waals surface area contributed by atoms with Gasteiger partial charge in [-0.3, -0.25) is 0 Å². The van der Waals surface area contributed by atoms with E-state index in [0.29, 0.717) is 0 Å². The molecular weight excluding hydrogens is 527 g/mol. The molecule has 32 heavy (non-hydrogen) atoms. The molecule has 0 saturated heterocycles. The summed E-state index contributed by atoms with van der Waals surface area (Å²) in [6.45, 7) is 4.62. The molecule has 0 unspecified atom stereocenters. The molecule has 6 rings (SSSR count). The van der Waals surface area contributed by atoms with E-state index in [1.165, 1.54) is 43.1 Å². The summed E-state index contributed by atoms with van der Waals surface area (Å²) < 4.78 is 0. The third-order valence-electron chi connectivity index (χ3n) is 5.05. The zero-order valence-corrected chi connectivity index (χ0v) is 23.1. The van der Waals surface area contributed by atoms with Crippen LogP contribution in [-0.2, 0) is 23.3 Å². The van der Waals surface area contributed by atoms with Gasteiger partial charge in [0.25, 0.3) is 0 Å². The largest absolute Gasteiger partial charge is 1.00 e. The van der Waals surface area contributed by atoms with Crippen molar-refractivity contribution in [3.05, 3.63) is 109 Å². The first-order valence-electron chi connectivity index (χ1n) is 10.2. The Hall–Kier alpha value is -1.70. The Kier molecular flexibility index (Phi) is 10.4. The van der Waals surface area contributed by atoms with Crippen LogP contribution in [-0.4, -0.2) is 5.43 Å². The van der Waals surface area contributed by atoms with Gasteiger partial charge in [0.15, 0.2) is 0 Å². The van der Waals surface area contributed by atoms with Crippen molar-refractivity contribution in [2.75, 3.05) is 0 Å². The first kappa shape index (κ1) is 26.6. The van der Waals surface area contributed by atoms with E-state index < -0.39 is 0 Å². The quantitative estimate of drug-likeness (QED) is 0.201. The molecule has 0 aliphatic rings. The molecule has 0 aliphatic carbocycles. The predicted molar refractivity (Wildman–Crippen MR) is 132 cm³/mol. The first-order chi connectivity index (χ1) is 14.6. The fourth-order valence-electron chi connectivity index (χ4n) is 3.81. The van der Waals surface area contributed by atoms with Gasteiger partial charge in [-0.15, -0.1) is 79.5 Å². The van der Waals surface area contributed by atoms with Gasteiger partial charge in [0.2, 0.25) is 0 Å². The van der Waals surface area contributed by atoms with Crippen molar-refractivity contribution in [3.8, 4) is 0 Å². The fourth-order valence-corrected chi connectivity index (χ4v) is 3.81. The summed E-state index contributed by atoms with van der Waals surface area (Å²) in [6, 6.07) is 38.5. The van der Waals surface area contributed by atoms with Crippen molar-refractivity contribution >= 4 is 48.5 Å². The van der Waals surface area contributed by atoms with Gasteiger partial charge in [0, 0.05) is 0 Å². The normalized spacial score (nSPS) is 9.88. The number of hydrogen-bond acceptors (Lipinski definition) is 0. The van der Waals surface area contributed by atoms with E-state index in [1.54, 1.807) is 23.3 Å². The summed E-state index contributed by atoms with van der Waals surface area (Å²) in [5, 5.41) is 10.8. The molecule has 0 aromatic heterocycles. The minimum Gasteiger partial charge on any atom is -1.00 e. The van der Waals surface area contributed by atoms with Crippen molar-refractivity contribution in [3.63, 3.8) is 0 Å². The zero-order valence-electron chi connectivity index (χ0n) is 18.1. The Morgan fingerprint density at radius 2 is 0.656 bits per heavy atom. The molecule has 0 saturated carbocycles. The van der Waals surface area contributed by atoms with Gasteiger partial charge >= 0.3 is 41.9 Å². The average Bonchev–Trinajstić information content (AvgIpc) is 3.32. The van der Waals surface area contributed by atoms with Crippen molar-refractivity contribution in [2.24, 2.45) is 0 Å². The monoisotopic (exact) mass is 548 g/mol. The standard InChI is InChI=1S/2C13H9.C2H6Si.2ClH.Zr/c2*1-3-7-12-10(5-1)9-11-6-2-4-8-13(11)12;1-3-2;;;/h2*1-9H;1-2H3;2*1H;/q2*-1;;;;+2/p-2. The van der Waals surface area contributed by atoms with Gasteiger partial charge in [-0.1, -0.05) is 72.8 Å².